The normalized spacial score (nSPS) is 11.3. The first-order valence-electron chi connectivity index (χ1n) is 5.66. The van der Waals surface area contributed by atoms with Crippen molar-refractivity contribution in [1.82, 2.24) is 4.98 Å². The SMILES string of the molecule is Cc1ccc(CO)cc1S(=O)(=O)Nc1cccnc1. The first-order chi connectivity index (χ1) is 9.03. The smallest absolute Gasteiger partial charge is 0.262 e. The molecule has 0 saturated carbocycles. The van der Waals surface area contributed by atoms with Crippen molar-refractivity contribution < 1.29 is 13.5 Å². The molecule has 0 atom stereocenters. The maximum absolute atomic E-state index is 12.3. The summed E-state index contributed by atoms with van der Waals surface area (Å²) in [5, 5.41) is 9.08. The van der Waals surface area contributed by atoms with E-state index in [1.165, 1.54) is 12.3 Å². The molecule has 0 unspecified atom stereocenters. The predicted octanol–water partition coefficient (Wildman–Crippen LogP) is 1.68. The van der Waals surface area contributed by atoms with E-state index < -0.39 is 10.0 Å². The molecule has 1 heterocycles. The Morgan fingerprint density at radius 2 is 2.11 bits per heavy atom. The van der Waals surface area contributed by atoms with Crippen LogP contribution in [0.15, 0.2) is 47.6 Å². The molecule has 0 radical (unpaired) electrons. The molecular formula is C13H14N2O3S. The van der Waals surface area contributed by atoms with Gasteiger partial charge in [0, 0.05) is 6.20 Å². The van der Waals surface area contributed by atoms with E-state index in [0.29, 0.717) is 16.8 Å². The Labute approximate surface area is 112 Å². The van der Waals surface area contributed by atoms with Gasteiger partial charge in [0.25, 0.3) is 10.0 Å². The number of aliphatic hydroxyl groups excluding tert-OH is 1. The van der Waals surface area contributed by atoms with Crippen molar-refractivity contribution in [2.75, 3.05) is 4.72 Å². The summed E-state index contributed by atoms with van der Waals surface area (Å²) in [7, 11) is -3.68. The Morgan fingerprint density at radius 3 is 2.74 bits per heavy atom. The summed E-state index contributed by atoms with van der Waals surface area (Å²) < 4.78 is 27.0. The maximum Gasteiger partial charge on any atom is 0.262 e. The van der Waals surface area contributed by atoms with Gasteiger partial charge in [0.1, 0.15) is 0 Å². The third-order valence-electron chi connectivity index (χ3n) is 2.64. The van der Waals surface area contributed by atoms with Crippen LogP contribution in [0.3, 0.4) is 0 Å². The number of rotatable bonds is 4. The van der Waals surface area contributed by atoms with Crippen LogP contribution in [-0.4, -0.2) is 18.5 Å². The number of benzene rings is 1. The Bertz CT molecular complexity index is 670. The standard InChI is InChI=1S/C13H14N2O3S/c1-10-4-5-11(9-16)7-13(10)19(17,18)15-12-3-2-6-14-8-12/h2-8,15-16H,9H2,1H3. The van der Waals surface area contributed by atoms with Gasteiger partial charge in [-0.3, -0.25) is 9.71 Å². The Hall–Kier alpha value is -1.92. The molecule has 0 aliphatic heterocycles. The number of aliphatic hydroxyl groups is 1. The van der Waals surface area contributed by atoms with Crippen LogP contribution in [0.5, 0.6) is 0 Å². The lowest BCUT2D eigenvalue weighted by Gasteiger charge is -2.11. The predicted molar refractivity (Wildman–Crippen MR) is 72.1 cm³/mol. The van der Waals surface area contributed by atoms with Crippen molar-refractivity contribution in [3.63, 3.8) is 0 Å². The number of pyridine rings is 1. The van der Waals surface area contributed by atoms with E-state index in [9.17, 15) is 8.42 Å². The van der Waals surface area contributed by atoms with Crippen LogP contribution in [0.25, 0.3) is 0 Å². The molecule has 2 rings (SSSR count). The number of hydrogen-bond donors (Lipinski definition) is 2. The minimum Gasteiger partial charge on any atom is -0.392 e. The first-order valence-corrected chi connectivity index (χ1v) is 7.14. The van der Waals surface area contributed by atoms with Crippen molar-refractivity contribution in [3.8, 4) is 0 Å². The van der Waals surface area contributed by atoms with Gasteiger partial charge < -0.3 is 5.11 Å². The van der Waals surface area contributed by atoms with Crippen LogP contribution in [0.4, 0.5) is 5.69 Å². The monoisotopic (exact) mass is 278 g/mol. The quantitative estimate of drug-likeness (QED) is 0.892. The zero-order chi connectivity index (χ0) is 13.9. The number of nitrogens with zero attached hydrogens (tertiary/aromatic N) is 1. The van der Waals surface area contributed by atoms with Gasteiger partial charge in [0.05, 0.1) is 23.4 Å². The summed E-state index contributed by atoms with van der Waals surface area (Å²) in [6.45, 7) is 1.51. The summed E-state index contributed by atoms with van der Waals surface area (Å²) in [5.41, 5.74) is 1.57. The Morgan fingerprint density at radius 1 is 1.32 bits per heavy atom. The molecule has 1 aromatic heterocycles. The zero-order valence-electron chi connectivity index (χ0n) is 10.4. The van der Waals surface area contributed by atoms with Crippen LogP contribution in [-0.2, 0) is 16.6 Å². The fourth-order valence-corrected chi connectivity index (χ4v) is 3.01. The summed E-state index contributed by atoms with van der Waals surface area (Å²) in [6.07, 6.45) is 3.00. The minimum absolute atomic E-state index is 0.155. The highest BCUT2D eigenvalue weighted by molar-refractivity contribution is 7.92. The number of anilines is 1. The summed E-state index contributed by atoms with van der Waals surface area (Å²) in [6, 6.07) is 8.10. The molecular weight excluding hydrogens is 264 g/mol. The minimum atomic E-state index is -3.68. The van der Waals surface area contributed by atoms with Gasteiger partial charge in [-0.2, -0.15) is 0 Å². The van der Waals surface area contributed by atoms with Gasteiger partial charge in [-0.25, -0.2) is 8.42 Å². The van der Waals surface area contributed by atoms with Crippen molar-refractivity contribution in [2.45, 2.75) is 18.4 Å². The molecule has 0 bridgehead atoms. The van der Waals surface area contributed by atoms with Crippen LogP contribution >= 0.6 is 0 Å². The molecule has 0 aliphatic rings. The second-order valence-corrected chi connectivity index (χ2v) is 5.76. The highest BCUT2D eigenvalue weighted by Crippen LogP contribution is 2.20. The third-order valence-corrected chi connectivity index (χ3v) is 4.16. The molecule has 5 nitrogen and oxygen atoms in total. The largest absolute Gasteiger partial charge is 0.392 e. The Kier molecular flexibility index (Phi) is 3.82. The van der Waals surface area contributed by atoms with E-state index in [1.807, 2.05) is 0 Å². The van der Waals surface area contributed by atoms with E-state index in [1.54, 1.807) is 37.4 Å². The molecule has 2 aromatic rings. The molecule has 1 aromatic carbocycles. The second kappa shape index (κ2) is 5.38. The van der Waals surface area contributed by atoms with E-state index in [4.69, 9.17) is 5.11 Å². The third kappa shape index (κ3) is 3.10. The van der Waals surface area contributed by atoms with Crippen LogP contribution in [0.2, 0.25) is 0 Å². The summed E-state index contributed by atoms with van der Waals surface area (Å²) >= 11 is 0. The molecule has 6 heteroatoms. The molecule has 0 spiro atoms. The molecule has 2 N–H and O–H groups in total. The van der Waals surface area contributed by atoms with E-state index in [2.05, 4.69) is 9.71 Å². The van der Waals surface area contributed by atoms with Gasteiger partial charge in [-0.15, -0.1) is 0 Å². The summed E-state index contributed by atoms with van der Waals surface area (Å²) in [5.74, 6) is 0. The van der Waals surface area contributed by atoms with Crippen LogP contribution < -0.4 is 4.72 Å². The zero-order valence-corrected chi connectivity index (χ0v) is 11.2. The molecule has 0 saturated heterocycles. The molecule has 19 heavy (non-hydrogen) atoms. The van der Waals surface area contributed by atoms with Crippen LogP contribution in [0.1, 0.15) is 11.1 Å². The van der Waals surface area contributed by atoms with Crippen molar-refractivity contribution >= 4 is 15.7 Å². The average Bonchev–Trinajstić information content (AvgIpc) is 2.39. The van der Waals surface area contributed by atoms with Crippen molar-refractivity contribution in [1.29, 1.82) is 0 Å². The fraction of sp³-hybridized carbons (Fsp3) is 0.154. The second-order valence-electron chi connectivity index (χ2n) is 4.11. The van der Waals surface area contributed by atoms with Gasteiger partial charge in [-0.05, 0) is 36.2 Å². The molecule has 0 fully saturated rings. The lowest BCUT2D eigenvalue weighted by atomic mass is 10.2. The number of nitrogens with one attached hydrogen (secondary N) is 1. The molecule has 100 valence electrons. The maximum atomic E-state index is 12.3. The van der Waals surface area contributed by atoms with E-state index in [0.717, 1.165) is 0 Å². The Balaban J connectivity index is 2.39. The fourth-order valence-electron chi connectivity index (χ4n) is 1.67. The van der Waals surface area contributed by atoms with Gasteiger partial charge >= 0.3 is 0 Å². The topological polar surface area (TPSA) is 79.3 Å². The molecule has 0 amide bonds. The summed E-state index contributed by atoms with van der Waals surface area (Å²) in [4.78, 5) is 4.01. The number of hydrogen-bond acceptors (Lipinski definition) is 4. The highest BCUT2D eigenvalue weighted by atomic mass is 32.2. The van der Waals surface area contributed by atoms with Gasteiger partial charge in [0.2, 0.25) is 0 Å². The van der Waals surface area contributed by atoms with E-state index >= 15 is 0 Å². The number of aryl methyl sites for hydroxylation is 1. The van der Waals surface area contributed by atoms with Gasteiger partial charge in [-0.1, -0.05) is 12.1 Å². The van der Waals surface area contributed by atoms with Crippen LogP contribution in [0, 0.1) is 6.92 Å². The number of sulfonamides is 1. The van der Waals surface area contributed by atoms with Crippen molar-refractivity contribution in [3.05, 3.63) is 53.9 Å². The lowest BCUT2D eigenvalue weighted by molar-refractivity contribution is 0.281. The highest BCUT2D eigenvalue weighted by Gasteiger charge is 2.17. The lowest BCUT2D eigenvalue weighted by Crippen LogP contribution is -2.14. The van der Waals surface area contributed by atoms with Gasteiger partial charge in [0.15, 0.2) is 0 Å². The molecule has 0 aliphatic carbocycles. The average molecular weight is 278 g/mol. The van der Waals surface area contributed by atoms with E-state index in [-0.39, 0.29) is 11.5 Å². The number of aromatic nitrogens is 1. The first kappa shape index (κ1) is 13.5. The van der Waals surface area contributed by atoms with Crippen molar-refractivity contribution in [2.24, 2.45) is 0 Å².